The molecule has 2 heterocycles. The Morgan fingerprint density at radius 1 is 1.39 bits per heavy atom. The van der Waals surface area contributed by atoms with E-state index in [4.69, 9.17) is 5.73 Å². The van der Waals surface area contributed by atoms with E-state index >= 15 is 0 Å². The maximum Gasteiger partial charge on any atom is 0.0911 e. The molecule has 0 aliphatic carbocycles. The number of hydrogen-bond donors (Lipinski definition) is 2. The summed E-state index contributed by atoms with van der Waals surface area (Å²) < 4.78 is 2.85. The highest BCUT2D eigenvalue weighted by Gasteiger charge is 2.16. The molecule has 0 saturated carbocycles. The quantitative estimate of drug-likeness (QED) is 0.781. The maximum absolute atomic E-state index is 5.91. The Morgan fingerprint density at radius 2 is 2.22 bits per heavy atom. The van der Waals surface area contributed by atoms with Crippen molar-refractivity contribution in [1.82, 2.24) is 14.8 Å². The second kappa shape index (κ2) is 4.59. The number of nitrogens with zero attached hydrogens (tertiary/aromatic N) is 2. The molecular formula is C13H13BrN4. The summed E-state index contributed by atoms with van der Waals surface area (Å²) in [4.78, 5) is 3.27. The van der Waals surface area contributed by atoms with Crippen LogP contribution in [0.4, 0.5) is 0 Å². The summed E-state index contributed by atoms with van der Waals surface area (Å²) >= 11 is 3.41. The lowest BCUT2D eigenvalue weighted by atomic mass is 10.1. The SMILES string of the molecule is NCC(c1c[nH]c2ccccc12)n1cc(Br)cn1. The van der Waals surface area contributed by atoms with Gasteiger partial charge in [-0.3, -0.25) is 4.68 Å². The standard InChI is InChI=1S/C13H13BrN4/c14-9-6-17-18(8-9)13(5-15)11-7-16-12-4-2-1-3-10(11)12/h1-4,6-8,13,16H,5,15H2. The number of fused-ring (bicyclic) bond motifs is 1. The van der Waals surface area contributed by atoms with Crippen LogP contribution in [0.2, 0.25) is 0 Å². The van der Waals surface area contributed by atoms with E-state index in [0.717, 1.165) is 9.99 Å². The van der Waals surface area contributed by atoms with Gasteiger partial charge in [0.15, 0.2) is 0 Å². The Bertz CT molecular complexity index is 670. The molecule has 0 radical (unpaired) electrons. The van der Waals surface area contributed by atoms with E-state index < -0.39 is 0 Å². The van der Waals surface area contributed by atoms with Crippen molar-refractivity contribution in [3.63, 3.8) is 0 Å². The van der Waals surface area contributed by atoms with E-state index in [0.29, 0.717) is 6.54 Å². The smallest absolute Gasteiger partial charge is 0.0911 e. The molecule has 0 saturated heterocycles. The minimum Gasteiger partial charge on any atom is -0.361 e. The van der Waals surface area contributed by atoms with Crippen molar-refractivity contribution in [3.05, 3.63) is 52.9 Å². The van der Waals surface area contributed by atoms with Gasteiger partial charge in [-0.2, -0.15) is 5.10 Å². The summed E-state index contributed by atoms with van der Waals surface area (Å²) in [6, 6.07) is 8.26. The van der Waals surface area contributed by atoms with E-state index in [-0.39, 0.29) is 6.04 Å². The largest absolute Gasteiger partial charge is 0.361 e. The highest BCUT2D eigenvalue weighted by atomic mass is 79.9. The normalized spacial score (nSPS) is 13.0. The van der Waals surface area contributed by atoms with Crippen molar-refractivity contribution in [2.45, 2.75) is 6.04 Å². The van der Waals surface area contributed by atoms with Gasteiger partial charge >= 0.3 is 0 Å². The van der Waals surface area contributed by atoms with Crippen LogP contribution in [-0.2, 0) is 0 Å². The molecule has 4 nitrogen and oxygen atoms in total. The molecule has 5 heteroatoms. The number of hydrogen-bond acceptors (Lipinski definition) is 2. The number of aromatic nitrogens is 3. The van der Waals surface area contributed by atoms with Gasteiger partial charge in [0.2, 0.25) is 0 Å². The second-order valence-electron chi connectivity index (χ2n) is 4.18. The molecule has 0 aliphatic heterocycles. The van der Waals surface area contributed by atoms with Crippen molar-refractivity contribution in [2.75, 3.05) is 6.54 Å². The van der Waals surface area contributed by atoms with Crippen LogP contribution in [0.15, 0.2) is 47.3 Å². The van der Waals surface area contributed by atoms with Crippen LogP contribution < -0.4 is 5.73 Å². The Labute approximate surface area is 113 Å². The molecule has 1 atom stereocenters. The predicted molar refractivity (Wildman–Crippen MR) is 75.4 cm³/mol. The first-order chi connectivity index (χ1) is 8.79. The van der Waals surface area contributed by atoms with Crippen LogP contribution in [0.3, 0.4) is 0 Å². The topological polar surface area (TPSA) is 59.6 Å². The molecule has 0 fully saturated rings. The van der Waals surface area contributed by atoms with Gasteiger partial charge in [-0.05, 0) is 22.0 Å². The fourth-order valence-electron chi connectivity index (χ4n) is 2.23. The Hall–Kier alpha value is -1.59. The number of aromatic amines is 1. The number of para-hydroxylation sites is 1. The molecule has 0 spiro atoms. The Balaban J connectivity index is 2.11. The molecule has 3 rings (SSSR count). The van der Waals surface area contributed by atoms with E-state index in [1.165, 1.54) is 10.9 Å². The number of halogens is 1. The number of benzene rings is 1. The lowest BCUT2D eigenvalue weighted by Crippen LogP contribution is -2.20. The van der Waals surface area contributed by atoms with Gasteiger partial charge in [-0.25, -0.2) is 0 Å². The first kappa shape index (κ1) is 11.5. The molecule has 1 unspecified atom stereocenters. The minimum absolute atomic E-state index is 0.0486. The monoisotopic (exact) mass is 304 g/mol. The Kier molecular flexibility index (Phi) is 2.93. The predicted octanol–water partition coefficient (Wildman–Crippen LogP) is 2.68. The molecule has 0 bridgehead atoms. The molecule has 2 aromatic heterocycles. The van der Waals surface area contributed by atoms with Gasteiger partial charge in [-0.1, -0.05) is 18.2 Å². The van der Waals surface area contributed by atoms with Gasteiger partial charge in [0, 0.05) is 35.4 Å². The zero-order valence-electron chi connectivity index (χ0n) is 9.68. The van der Waals surface area contributed by atoms with E-state index in [1.54, 1.807) is 6.20 Å². The number of H-pyrrole nitrogens is 1. The first-order valence-electron chi connectivity index (χ1n) is 5.75. The van der Waals surface area contributed by atoms with E-state index in [2.05, 4.69) is 38.1 Å². The number of nitrogens with one attached hydrogen (secondary N) is 1. The third kappa shape index (κ3) is 1.85. The molecule has 0 aliphatic rings. The van der Waals surface area contributed by atoms with Gasteiger partial charge in [0.1, 0.15) is 0 Å². The molecular weight excluding hydrogens is 292 g/mol. The van der Waals surface area contributed by atoms with Crippen molar-refractivity contribution < 1.29 is 0 Å². The highest BCUT2D eigenvalue weighted by Crippen LogP contribution is 2.26. The molecule has 92 valence electrons. The van der Waals surface area contributed by atoms with Crippen LogP contribution in [-0.4, -0.2) is 21.3 Å². The molecule has 0 amide bonds. The number of rotatable bonds is 3. The Morgan fingerprint density at radius 3 is 2.94 bits per heavy atom. The zero-order chi connectivity index (χ0) is 12.5. The minimum atomic E-state index is 0.0486. The highest BCUT2D eigenvalue weighted by molar-refractivity contribution is 9.10. The van der Waals surface area contributed by atoms with Gasteiger partial charge in [0.05, 0.1) is 16.7 Å². The van der Waals surface area contributed by atoms with Crippen LogP contribution in [0, 0.1) is 0 Å². The van der Waals surface area contributed by atoms with Crippen molar-refractivity contribution in [1.29, 1.82) is 0 Å². The summed E-state index contributed by atoms with van der Waals surface area (Å²) in [7, 11) is 0. The summed E-state index contributed by atoms with van der Waals surface area (Å²) in [6.45, 7) is 0.510. The fourth-order valence-corrected chi connectivity index (χ4v) is 2.53. The lowest BCUT2D eigenvalue weighted by Gasteiger charge is -2.14. The van der Waals surface area contributed by atoms with Crippen molar-refractivity contribution >= 4 is 26.8 Å². The summed E-state index contributed by atoms with van der Waals surface area (Å²) in [5.41, 5.74) is 8.20. The summed E-state index contributed by atoms with van der Waals surface area (Å²) in [6.07, 6.45) is 5.73. The average Bonchev–Trinajstić information content (AvgIpc) is 2.98. The van der Waals surface area contributed by atoms with E-state index in [1.807, 2.05) is 29.2 Å². The first-order valence-corrected chi connectivity index (χ1v) is 6.54. The van der Waals surface area contributed by atoms with Gasteiger partial charge < -0.3 is 10.7 Å². The number of nitrogens with two attached hydrogens (primary N) is 1. The van der Waals surface area contributed by atoms with Crippen molar-refractivity contribution in [3.8, 4) is 0 Å². The lowest BCUT2D eigenvalue weighted by molar-refractivity contribution is 0.535. The molecule has 1 aromatic carbocycles. The van der Waals surface area contributed by atoms with Gasteiger partial charge in [-0.15, -0.1) is 0 Å². The third-order valence-corrected chi connectivity index (χ3v) is 3.50. The second-order valence-corrected chi connectivity index (χ2v) is 5.10. The summed E-state index contributed by atoms with van der Waals surface area (Å²) in [5, 5.41) is 5.52. The fraction of sp³-hybridized carbons (Fsp3) is 0.154. The maximum atomic E-state index is 5.91. The van der Waals surface area contributed by atoms with Crippen LogP contribution in [0.25, 0.3) is 10.9 Å². The van der Waals surface area contributed by atoms with Crippen LogP contribution in [0.5, 0.6) is 0 Å². The molecule has 3 aromatic rings. The van der Waals surface area contributed by atoms with E-state index in [9.17, 15) is 0 Å². The van der Waals surface area contributed by atoms with Crippen LogP contribution in [0.1, 0.15) is 11.6 Å². The zero-order valence-corrected chi connectivity index (χ0v) is 11.3. The molecule has 3 N–H and O–H groups in total. The third-order valence-electron chi connectivity index (χ3n) is 3.09. The summed E-state index contributed by atoms with van der Waals surface area (Å²) in [5.74, 6) is 0. The van der Waals surface area contributed by atoms with Gasteiger partial charge in [0.25, 0.3) is 0 Å². The van der Waals surface area contributed by atoms with Crippen LogP contribution >= 0.6 is 15.9 Å². The molecule has 18 heavy (non-hydrogen) atoms. The van der Waals surface area contributed by atoms with Crippen molar-refractivity contribution in [2.24, 2.45) is 5.73 Å². The average molecular weight is 305 g/mol.